The monoisotopic (exact) mass is 254 g/mol. The normalized spacial score (nSPS) is 19.3. The number of hydrogen-bond acceptors (Lipinski definition) is 2. The van der Waals surface area contributed by atoms with Crippen molar-refractivity contribution in [3.63, 3.8) is 0 Å². The first-order valence-corrected chi connectivity index (χ1v) is 6.83. The molecule has 0 bridgehead atoms. The fourth-order valence-electron chi connectivity index (χ4n) is 2.57. The van der Waals surface area contributed by atoms with Gasteiger partial charge in [0.05, 0.1) is 0 Å². The number of hydrogen-bond donors (Lipinski definition) is 2. The molecular formula is C16H18N2O. The Morgan fingerprint density at radius 1 is 1.16 bits per heavy atom. The van der Waals surface area contributed by atoms with Crippen LogP contribution in [-0.2, 0) is 0 Å². The molecule has 2 aromatic carbocycles. The van der Waals surface area contributed by atoms with Crippen molar-refractivity contribution >= 4 is 16.7 Å². The zero-order chi connectivity index (χ0) is 13.1. The molecule has 1 atom stereocenters. The molecule has 3 nitrogen and oxygen atoms in total. The summed E-state index contributed by atoms with van der Waals surface area (Å²) in [6, 6.07) is 14.2. The number of benzene rings is 2. The average Bonchev–Trinajstić information content (AvgIpc) is 2.48. The van der Waals surface area contributed by atoms with Gasteiger partial charge in [-0.2, -0.15) is 0 Å². The molecule has 3 rings (SSSR count). The highest BCUT2D eigenvalue weighted by Gasteiger charge is 2.16. The number of amides is 1. The molecule has 3 heteroatoms. The minimum Gasteiger partial charge on any atom is -0.348 e. The van der Waals surface area contributed by atoms with E-state index in [4.69, 9.17) is 0 Å². The zero-order valence-corrected chi connectivity index (χ0v) is 10.9. The predicted octanol–water partition coefficient (Wildman–Crippen LogP) is 2.32. The van der Waals surface area contributed by atoms with E-state index >= 15 is 0 Å². The van der Waals surface area contributed by atoms with E-state index in [0.29, 0.717) is 0 Å². The molecule has 1 amide bonds. The van der Waals surface area contributed by atoms with Gasteiger partial charge in [-0.3, -0.25) is 4.79 Å². The van der Waals surface area contributed by atoms with Gasteiger partial charge in [-0.1, -0.05) is 30.3 Å². The van der Waals surface area contributed by atoms with Crippen molar-refractivity contribution in [1.29, 1.82) is 0 Å². The van der Waals surface area contributed by atoms with Gasteiger partial charge in [-0.15, -0.1) is 0 Å². The second-order valence-corrected chi connectivity index (χ2v) is 5.08. The maximum Gasteiger partial charge on any atom is 0.251 e. The topological polar surface area (TPSA) is 41.1 Å². The van der Waals surface area contributed by atoms with Crippen molar-refractivity contribution in [1.82, 2.24) is 10.6 Å². The molecule has 19 heavy (non-hydrogen) atoms. The Hall–Kier alpha value is -1.87. The van der Waals surface area contributed by atoms with E-state index < -0.39 is 0 Å². The molecule has 2 N–H and O–H groups in total. The minimum atomic E-state index is 0.0273. The van der Waals surface area contributed by atoms with Crippen molar-refractivity contribution in [3.05, 3.63) is 48.0 Å². The van der Waals surface area contributed by atoms with Gasteiger partial charge >= 0.3 is 0 Å². The summed E-state index contributed by atoms with van der Waals surface area (Å²) in [7, 11) is 0. The standard InChI is InChI=1S/C16H18N2O/c19-16(18-15-6-3-9-17-11-15)14-8-7-12-4-1-2-5-13(12)10-14/h1-2,4-5,7-8,10,15,17H,3,6,9,11H2,(H,18,19). The number of carbonyl (C=O) groups is 1. The zero-order valence-electron chi connectivity index (χ0n) is 10.9. The first-order valence-electron chi connectivity index (χ1n) is 6.83. The number of piperidine rings is 1. The molecule has 1 aliphatic heterocycles. The molecule has 0 spiro atoms. The molecule has 0 radical (unpaired) electrons. The van der Waals surface area contributed by atoms with Crippen molar-refractivity contribution in [3.8, 4) is 0 Å². The molecule has 0 saturated carbocycles. The third kappa shape index (κ3) is 2.76. The van der Waals surface area contributed by atoms with E-state index in [1.54, 1.807) is 0 Å². The Bertz CT molecular complexity index is 588. The summed E-state index contributed by atoms with van der Waals surface area (Å²) in [5.41, 5.74) is 0.740. The van der Waals surface area contributed by atoms with E-state index in [1.807, 2.05) is 36.4 Å². The Kier molecular flexibility index (Phi) is 3.47. The van der Waals surface area contributed by atoms with Gasteiger partial charge in [0.25, 0.3) is 5.91 Å². The molecule has 0 aliphatic carbocycles. The molecule has 98 valence electrons. The van der Waals surface area contributed by atoms with Crippen LogP contribution in [0, 0.1) is 0 Å². The highest BCUT2D eigenvalue weighted by atomic mass is 16.1. The highest BCUT2D eigenvalue weighted by molar-refractivity contribution is 5.98. The van der Waals surface area contributed by atoms with Crippen LogP contribution < -0.4 is 10.6 Å². The van der Waals surface area contributed by atoms with Crippen LogP contribution in [0.5, 0.6) is 0 Å². The van der Waals surface area contributed by atoms with Gasteiger partial charge < -0.3 is 10.6 Å². The van der Waals surface area contributed by atoms with Gasteiger partial charge in [-0.05, 0) is 42.3 Å². The van der Waals surface area contributed by atoms with E-state index in [-0.39, 0.29) is 11.9 Å². The Morgan fingerprint density at radius 3 is 2.79 bits per heavy atom. The van der Waals surface area contributed by atoms with E-state index in [9.17, 15) is 4.79 Å². The number of fused-ring (bicyclic) bond motifs is 1. The molecule has 1 unspecified atom stereocenters. The molecule has 1 aliphatic rings. The van der Waals surface area contributed by atoms with E-state index in [0.717, 1.165) is 36.9 Å². The number of carbonyl (C=O) groups excluding carboxylic acids is 1. The fourth-order valence-corrected chi connectivity index (χ4v) is 2.57. The number of rotatable bonds is 2. The minimum absolute atomic E-state index is 0.0273. The summed E-state index contributed by atoms with van der Waals surface area (Å²) < 4.78 is 0. The highest BCUT2D eigenvalue weighted by Crippen LogP contribution is 2.16. The van der Waals surface area contributed by atoms with Gasteiger partial charge in [0.1, 0.15) is 0 Å². The van der Waals surface area contributed by atoms with Crippen LogP contribution in [-0.4, -0.2) is 25.0 Å². The van der Waals surface area contributed by atoms with Gasteiger partial charge in [-0.25, -0.2) is 0 Å². The summed E-state index contributed by atoms with van der Waals surface area (Å²) in [6.45, 7) is 1.93. The lowest BCUT2D eigenvalue weighted by atomic mass is 10.0. The predicted molar refractivity (Wildman–Crippen MR) is 77.3 cm³/mol. The molecule has 1 fully saturated rings. The van der Waals surface area contributed by atoms with Crippen LogP contribution in [0.4, 0.5) is 0 Å². The van der Waals surface area contributed by atoms with Gasteiger partial charge in [0, 0.05) is 18.2 Å². The lowest BCUT2D eigenvalue weighted by Crippen LogP contribution is -2.45. The summed E-state index contributed by atoms with van der Waals surface area (Å²) in [5, 5.41) is 8.68. The van der Waals surface area contributed by atoms with Crippen LogP contribution in [0.2, 0.25) is 0 Å². The first kappa shape index (κ1) is 12.2. The Balaban J connectivity index is 1.77. The van der Waals surface area contributed by atoms with Crippen LogP contribution in [0.3, 0.4) is 0 Å². The lowest BCUT2D eigenvalue weighted by Gasteiger charge is -2.23. The maximum absolute atomic E-state index is 12.2. The summed E-state index contributed by atoms with van der Waals surface area (Å²) in [4.78, 5) is 12.2. The summed E-state index contributed by atoms with van der Waals surface area (Å²) in [6.07, 6.45) is 2.19. The first-order chi connectivity index (χ1) is 9.33. The van der Waals surface area contributed by atoms with E-state index in [2.05, 4.69) is 16.7 Å². The molecular weight excluding hydrogens is 236 g/mol. The second kappa shape index (κ2) is 5.41. The van der Waals surface area contributed by atoms with Crippen molar-refractivity contribution in [2.24, 2.45) is 0 Å². The smallest absolute Gasteiger partial charge is 0.251 e. The van der Waals surface area contributed by atoms with Crippen LogP contribution >= 0.6 is 0 Å². The SMILES string of the molecule is O=C(NC1CCCNC1)c1ccc2ccccc2c1. The third-order valence-electron chi connectivity index (χ3n) is 3.64. The lowest BCUT2D eigenvalue weighted by molar-refractivity contribution is 0.0931. The van der Waals surface area contributed by atoms with Crippen molar-refractivity contribution in [2.75, 3.05) is 13.1 Å². The summed E-state index contributed by atoms with van der Waals surface area (Å²) >= 11 is 0. The fraction of sp³-hybridized carbons (Fsp3) is 0.312. The molecule has 2 aromatic rings. The van der Waals surface area contributed by atoms with Crippen LogP contribution in [0.25, 0.3) is 10.8 Å². The van der Waals surface area contributed by atoms with Crippen molar-refractivity contribution in [2.45, 2.75) is 18.9 Å². The largest absolute Gasteiger partial charge is 0.348 e. The maximum atomic E-state index is 12.2. The van der Waals surface area contributed by atoms with Gasteiger partial charge in [0.15, 0.2) is 0 Å². The second-order valence-electron chi connectivity index (χ2n) is 5.08. The van der Waals surface area contributed by atoms with Crippen LogP contribution in [0.15, 0.2) is 42.5 Å². The van der Waals surface area contributed by atoms with Gasteiger partial charge in [0.2, 0.25) is 0 Å². The van der Waals surface area contributed by atoms with E-state index in [1.165, 1.54) is 5.39 Å². The summed E-state index contributed by atoms with van der Waals surface area (Å²) in [5.74, 6) is 0.0273. The third-order valence-corrected chi connectivity index (χ3v) is 3.64. The quantitative estimate of drug-likeness (QED) is 0.863. The molecule has 0 aromatic heterocycles. The van der Waals surface area contributed by atoms with Crippen LogP contribution in [0.1, 0.15) is 23.2 Å². The Labute approximate surface area is 113 Å². The average molecular weight is 254 g/mol. The molecule has 1 heterocycles. The Morgan fingerprint density at radius 2 is 2.00 bits per heavy atom. The number of nitrogens with one attached hydrogen (secondary N) is 2. The van der Waals surface area contributed by atoms with Crippen molar-refractivity contribution < 1.29 is 4.79 Å². The molecule has 1 saturated heterocycles.